The van der Waals surface area contributed by atoms with Gasteiger partial charge in [0.15, 0.2) is 0 Å². The van der Waals surface area contributed by atoms with E-state index in [4.69, 9.17) is 0 Å². The van der Waals surface area contributed by atoms with Crippen molar-refractivity contribution in [3.63, 3.8) is 0 Å². The highest BCUT2D eigenvalue weighted by Gasteiger charge is 2.30. The Morgan fingerprint density at radius 2 is 1.70 bits per heavy atom. The van der Waals surface area contributed by atoms with Crippen molar-refractivity contribution in [2.75, 3.05) is 0 Å². The zero-order chi connectivity index (χ0) is 18.2. The Morgan fingerprint density at radius 3 is 2.09 bits per heavy atom. The quantitative estimate of drug-likeness (QED) is 0.862. The third-order valence-electron chi connectivity index (χ3n) is 3.99. The summed E-state index contributed by atoms with van der Waals surface area (Å²) in [7, 11) is -3.92. The van der Waals surface area contributed by atoms with Crippen LogP contribution in [0.25, 0.3) is 0 Å². The van der Waals surface area contributed by atoms with Crippen LogP contribution in [0, 0.1) is 19.8 Å². The van der Waals surface area contributed by atoms with Crippen LogP contribution < -0.4 is 4.72 Å². The van der Waals surface area contributed by atoms with Crippen LogP contribution in [0.1, 0.15) is 51.3 Å². The van der Waals surface area contributed by atoms with Crippen molar-refractivity contribution in [2.45, 2.75) is 64.8 Å². The van der Waals surface area contributed by atoms with Crippen LogP contribution in [0.15, 0.2) is 17.0 Å². The Labute approximate surface area is 139 Å². The van der Waals surface area contributed by atoms with Crippen LogP contribution in [0.4, 0.5) is 0 Å². The van der Waals surface area contributed by atoms with Crippen molar-refractivity contribution < 1.29 is 18.3 Å². The van der Waals surface area contributed by atoms with Gasteiger partial charge in [0.1, 0.15) is 6.04 Å². The molecule has 0 bridgehead atoms. The van der Waals surface area contributed by atoms with Gasteiger partial charge in [0.2, 0.25) is 10.0 Å². The van der Waals surface area contributed by atoms with E-state index in [1.807, 2.05) is 33.8 Å². The maximum Gasteiger partial charge on any atom is 0.322 e. The molecule has 2 N–H and O–H groups in total. The van der Waals surface area contributed by atoms with Gasteiger partial charge < -0.3 is 5.11 Å². The van der Waals surface area contributed by atoms with Crippen LogP contribution in [-0.4, -0.2) is 25.5 Å². The molecular formula is C17H27NO4S. The summed E-state index contributed by atoms with van der Waals surface area (Å²) in [4.78, 5) is 11.4. The van der Waals surface area contributed by atoms with E-state index >= 15 is 0 Å². The van der Waals surface area contributed by atoms with E-state index in [1.54, 1.807) is 26.8 Å². The lowest BCUT2D eigenvalue weighted by molar-refractivity contribution is -0.140. The first-order chi connectivity index (χ1) is 10.3. The highest BCUT2D eigenvalue weighted by molar-refractivity contribution is 7.89. The lowest BCUT2D eigenvalue weighted by atomic mass is 9.85. The number of hydrogen-bond donors (Lipinski definition) is 2. The first-order valence-electron chi connectivity index (χ1n) is 7.64. The molecule has 1 aromatic carbocycles. The molecule has 0 aliphatic heterocycles. The van der Waals surface area contributed by atoms with Crippen molar-refractivity contribution in [3.05, 3.63) is 28.8 Å². The molecule has 6 heteroatoms. The number of hydrogen-bond acceptors (Lipinski definition) is 3. The predicted molar refractivity (Wildman–Crippen MR) is 91.2 cm³/mol. The molecule has 0 fully saturated rings. The number of aliphatic carboxylic acids is 1. The van der Waals surface area contributed by atoms with Crippen LogP contribution in [-0.2, 0) is 20.2 Å². The molecule has 0 aliphatic carbocycles. The van der Waals surface area contributed by atoms with Gasteiger partial charge in [0.25, 0.3) is 0 Å². The first kappa shape index (κ1) is 19.6. The SMILES string of the molecule is Cc1cc(C(C)(C)C)cc(S(=O)(=O)NC(C(=O)O)C(C)C)c1C. The Hall–Kier alpha value is -1.40. The fourth-order valence-electron chi connectivity index (χ4n) is 2.24. The standard InChI is InChI=1S/C17H27NO4S/c1-10(2)15(16(19)20)18-23(21,22)14-9-13(17(5,6)7)8-11(3)12(14)4/h8-10,15,18H,1-7H3,(H,19,20). The van der Waals surface area contributed by atoms with Gasteiger partial charge in [-0.15, -0.1) is 0 Å². The number of carboxylic acid groups (broad SMARTS) is 1. The van der Waals surface area contributed by atoms with Crippen molar-refractivity contribution in [2.24, 2.45) is 5.92 Å². The van der Waals surface area contributed by atoms with Crippen molar-refractivity contribution in [1.82, 2.24) is 4.72 Å². The molecule has 0 amide bonds. The maximum absolute atomic E-state index is 12.7. The Kier molecular flexibility index (Phi) is 5.65. The van der Waals surface area contributed by atoms with Gasteiger partial charge in [-0.1, -0.05) is 40.7 Å². The average Bonchev–Trinajstić information content (AvgIpc) is 2.36. The molecule has 0 aliphatic rings. The summed E-state index contributed by atoms with van der Waals surface area (Å²) in [6.45, 7) is 13.0. The molecule has 1 atom stereocenters. The molecule has 0 heterocycles. The summed E-state index contributed by atoms with van der Waals surface area (Å²) in [5.74, 6) is -1.53. The fraction of sp³-hybridized carbons (Fsp3) is 0.588. The Bertz CT molecular complexity index is 700. The first-order valence-corrected chi connectivity index (χ1v) is 9.12. The van der Waals surface area contributed by atoms with Gasteiger partial charge in [-0.25, -0.2) is 8.42 Å². The van der Waals surface area contributed by atoms with Gasteiger partial charge in [-0.2, -0.15) is 4.72 Å². The van der Waals surface area contributed by atoms with Crippen molar-refractivity contribution in [3.8, 4) is 0 Å². The van der Waals surface area contributed by atoms with Crippen LogP contribution in [0.3, 0.4) is 0 Å². The summed E-state index contributed by atoms with van der Waals surface area (Å²) >= 11 is 0. The number of aryl methyl sites for hydroxylation is 1. The number of nitrogens with one attached hydrogen (secondary N) is 1. The molecule has 0 saturated heterocycles. The van der Waals surface area contributed by atoms with E-state index in [2.05, 4.69) is 4.72 Å². The van der Waals surface area contributed by atoms with E-state index in [9.17, 15) is 18.3 Å². The van der Waals surface area contributed by atoms with E-state index in [0.29, 0.717) is 5.56 Å². The summed E-state index contributed by atoms with van der Waals surface area (Å²) in [5, 5.41) is 9.23. The summed E-state index contributed by atoms with van der Waals surface area (Å²) in [6, 6.07) is 2.47. The number of carbonyl (C=O) groups is 1. The third-order valence-corrected chi connectivity index (χ3v) is 5.56. The minimum Gasteiger partial charge on any atom is -0.480 e. The van der Waals surface area contributed by atoms with E-state index < -0.39 is 22.0 Å². The van der Waals surface area contributed by atoms with Crippen molar-refractivity contribution >= 4 is 16.0 Å². The molecule has 1 aromatic rings. The minimum absolute atomic E-state index is 0.148. The molecule has 5 nitrogen and oxygen atoms in total. The van der Waals surface area contributed by atoms with E-state index in [1.165, 1.54) is 0 Å². The minimum atomic E-state index is -3.92. The molecule has 0 spiro atoms. The molecule has 1 unspecified atom stereocenters. The Morgan fingerprint density at radius 1 is 1.17 bits per heavy atom. The maximum atomic E-state index is 12.7. The topological polar surface area (TPSA) is 83.5 Å². The number of sulfonamides is 1. The Balaban J connectivity index is 3.44. The monoisotopic (exact) mass is 341 g/mol. The molecule has 1 rings (SSSR count). The van der Waals surface area contributed by atoms with Gasteiger partial charge in [0.05, 0.1) is 4.90 Å². The van der Waals surface area contributed by atoms with Crippen LogP contribution >= 0.6 is 0 Å². The average molecular weight is 341 g/mol. The molecule has 130 valence electrons. The molecule has 0 radical (unpaired) electrons. The molecular weight excluding hydrogens is 314 g/mol. The van der Waals surface area contributed by atoms with Crippen LogP contribution in [0.5, 0.6) is 0 Å². The number of benzene rings is 1. The highest BCUT2D eigenvalue weighted by Crippen LogP contribution is 2.29. The summed E-state index contributed by atoms with van der Waals surface area (Å²) in [6.07, 6.45) is 0. The highest BCUT2D eigenvalue weighted by atomic mass is 32.2. The second kappa shape index (κ2) is 6.61. The van der Waals surface area contributed by atoms with Crippen molar-refractivity contribution in [1.29, 1.82) is 0 Å². The van der Waals surface area contributed by atoms with E-state index in [-0.39, 0.29) is 16.2 Å². The summed E-state index contributed by atoms with van der Waals surface area (Å²) in [5.41, 5.74) is 2.21. The summed E-state index contributed by atoms with van der Waals surface area (Å²) < 4.78 is 27.8. The van der Waals surface area contributed by atoms with E-state index in [0.717, 1.165) is 11.1 Å². The zero-order valence-electron chi connectivity index (χ0n) is 14.9. The second-order valence-electron chi connectivity index (χ2n) is 7.35. The fourth-order valence-corrected chi connectivity index (χ4v) is 3.92. The zero-order valence-corrected chi connectivity index (χ0v) is 15.7. The number of carboxylic acids is 1. The van der Waals surface area contributed by atoms with Gasteiger partial charge >= 0.3 is 5.97 Å². The predicted octanol–water partition coefficient (Wildman–Crippen LogP) is 2.99. The van der Waals surface area contributed by atoms with Gasteiger partial charge in [-0.3, -0.25) is 4.79 Å². The lowest BCUT2D eigenvalue weighted by Gasteiger charge is -2.24. The lowest BCUT2D eigenvalue weighted by Crippen LogP contribution is -2.44. The normalized spacial score (nSPS) is 14.1. The molecule has 23 heavy (non-hydrogen) atoms. The molecule has 0 aromatic heterocycles. The largest absolute Gasteiger partial charge is 0.480 e. The third kappa shape index (κ3) is 4.54. The van der Waals surface area contributed by atoms with Crippen LogP contribution in [0.2, 0.25) is 0 Å². The second-order valence-corrected chi connectivity index (χ2v) is 9.03. The smallest absolute Gasteiger partial charge is 0.322 e. The number of rotatable bonds is 5. The molecule has 0 saturated carbocycles. The van der Waals surface area contributed by atoms with Gasteiger partial charge in [0, 0.05) is 0 Å². The van der Waals surface area contributed by atoms with Gasteiger partial charge in [-0.05, 0) is 47.9 Å².